The normalized spacial score (nSPS) is 11.8. The second kappa shape index (κ2) is 6.57. The molecule has 5 rings (SSSR count). The van der Waals surface area contributed by atoms with Gasteiger partial charge in [-0.05, 0) is 24.3 Å². The van der Waals surface area contributed by atoms with Crippen molar-refractivity contribution in [2.45, 2.75) is 0 Å². The molecule has 0 saturated heterocycles. The number of nitrogens with one attached hydrogen (secondary N) is 1. The van der Waals surface area contributed by atoms with E-state index in [9.17, 15) is 0 Å². The van der Waals surface area contributed by atoms with Crippen LogP contribution in [0.1, 0.15) is 5.56 Å². The molecular formula is C22H18N2O. The molecule has 0 unspecified atom stereocenters. The van der Waals surface area contributed by atoms with Crippen LogP contribution in [0.25, 0.3) is 34.1 Å². The maximum absolute atomic E-state index is 5.09. The van der Waals surface area contributed by atoms with Crippen LogP contribution < -0.4 is 10.3 Å². The molecule has 0 bridgehead atoms. The lowest BCUT2D eigenvalue weighted by Gasteiger charge is -2.11. The van der Waals surface area contributed by atoms with Crippen LogP contribution in [0.3, 0.4) is 0 Å². The summed E-state index contributed by atoms with van der Waals surface area (Å²) in [5.41, 5.74) is 6.21. The Balaban J connectivity index is 0.000000136. The topological polar surface area (TPSA) is 26.2 Å². The predicted octanol–water partition coefficient (Wildman–Crippen LogP) is 5.45. The van der Waals surface area contributed by atoms with Crippen LogP contribution in [-0.2, 0) is 0 Å². The molecule has 1 N–H and O–H groups in total. The van der Waals surface area contributed by atoms with Gasteiger partial charge >= 0.3 is 0 Å². The Kier molecular flexibility index (Phi) is 3.97. The zero-order chi connectivity index (χ0) is 17.1. The first kappa shape index (κ1) is 15.1. The van der Waals surface area contributed by atoms with Crippen LogP contribution in [0.5, 0.6) is 5.75 Å². The van der Waals surface area contributed by atoms with Gasteiger partial charge in [-0.15, -0.1) is 0 Å². The SMILES string of the molecule is C1=Cc2ccccc2ON1.C=Cn1c2ccccc2c2ccccc21. The standard InChI is InChI=1S/C14H11N.C8H7NO/c1-2-15-13-9-5-3-7-11(13)12-8-4-6-10-14(12)15;1-2-4-8-7(3-1)5-6-9-10-8/h2-10H,1H2;1-6,9H. The van der Waals surface area contributed by atoms with Crippen molar-refractivity contribution in [2.24, 2.45) is 0 Å². The van der Waals surface area contributed by atoms with Gasteiger partial charge in [0.2, 0.25) is 0 Å². The highest BCUT2D eigenvalue weighted by molar-refractivity contribution is 6.09. The molecule has 2 heterocycles. The third-order valence-electron chi connectivity index (χ3n) is 4.22. The number of para-hydroxylation sites is 3. The Hall–Kier alpha value is -3.46. The summed E-state index contributed by atoms with van der Waals surface area (Å²) >= 11 is 0. The molecule has 1 aliphatic rings. The summed E-state index contributed by atoms with van der Waals surface area (Å²) in [4.78, 5) is 5.09. The Morgan fingerprint density at radius 3 is 2.04 bits per heavy atom. The monoisotopic (exact) mass is 326 g/mol. The van der Waals surface area contributed by atoms with Crippen molar-refractivity contribution >= 4 is 34.1 Å². The van der Waals surface area contributed by atoms with Gasteiger partial charge < -0.3 is 9.40 Å². The summed E-state index contributed by atoms with van der Waals surface area (Å²) in [5.74, 6) is 0.880. The van der Waals surface area contributed by atoms with Gasteiger partial charge in [0.1, 0.15) is 0 Å². The minimum atomic E-state index is 0.880. The maximum Gasteiger partial charge on any atom is 0.162 e. The summed E-state index contributed by atoms with van der Waals surface area (Å²) in [6, 6.07) is 24.7. The lowest BCUT2D eigenvalue weighted by atomic mass is 10.2. The second-order valence-electron chi connectivity index (χ2n) is 5.68. The highest BCUT2D eigenvalue weighted by Gasteiger charge is 2.06. The molecule has 0 radical (unpaired) electrons. The quantitative estimate of drug-likeness (QED) is 0.503. The molecule has 0 aliphatic carbocycles. The minimum Gasteiger partial charge on any atom is -0.382 e. The number of nitrogens with zero attached hydrogens (tertiary/aromatic N) is 1. The van der Waals surface area contributed by atoms with E-state index in [1.165, 1.54) is 21.8 Å². The number of rotatable bonds is 1. The molecule has 3 nitrogen and oxygen atoms in total. The fraction of sp³-hybridized carbons (Fsp3) is 0. The van der Waals surface area contributed by atoms with E-state index >= 15 is 0 Å². The summed E-state index contributed by atoms with van der Waals surface area (Å²) in [7, 11) is 0. The first-order chi connectivity index (χ1) is 12.4. The number of hydrogen-bond acceptors (Lipinski definition) is 2. The average Bonchev–Trinajstić information content (AvgIpc) is 3.02. The van der Waals surface area contributed by atoms with Gasteiger partial charge in [-0.25, -0.2) is 5.48 Å². The van der Waals surface area contributed by atoms with Gasteiger partial charge in [-0.3, -0.25) is 0 Å². The van der Waals surface area contributed by atoms with Gasteiger partial charge in [0.05, 0.1) is 11.0 Å². The van der Waals surface area contributed by atoms with Crippen molar-refractivity contribution in [3.8, 4) is 5.75 Å². The fourth-order valence-corrected chi connectivity index (χ4v) is 3.08. The predicted molar refractivity (Wildman–Crippen MR) is 105 cm³/mol. The maximum atomic E-state index is 5.09. The minimum absolute atomic E-state index is 0.880. The number of aromatic nitrogens is 1. The zero-order valence-electron chi connectivity index (χ0n) is 13.7. The average molecular weight is 326 g/mol. The highest BCUT2D eigenvalue weighted by atomic mass is 16.6. The largest absolute Gasteiger partial charge is 0.382 e. The molecule has 3 heteroatoms. The molecule has 1 aromatic heterocycles. The van der Waals surface area contributed by atoms with Crippen molar-refractivity contribution < 1.29 is 4.84 Å². The number of fused-ring (bicyclic) bond motifs is 4. The summed E-state index contributed by atoms with van der Waals surface area (Å²) in [6.07, 6.45) is 5.60. The fourth-order valence-electron chi connectivity index (χ4n) is 3.08. The molecule has 4 aromatic rings. The van der Waals surface area contributed by atoms with E-state index in [0.29, 0.717) is 0 Å². The van der Waals surface area contributed by atoms with E-state index in [2.05, 4.69) is 65.2 Å². The molecule has 0 spiro atoms. The molecular weight excluding hydrogens is 308 g/mol. The lowest BCUT2D eigenvalue weighted by molar-refractivity contribution is 0.239. The van der Waals surface area contributed by atoms with Crippen molar-refractivity contribution in [1.82, 2.24) is 10.0 Å². The third kappa shape index (κ3) is 2.76. The molecule has 0 fully saturated rings. The van der Waals surface area contributed by atoms with Crippen LogP contribution >= 0.6 is 0 Å². The van der Waals surface area contributed by atoms with Gasteiger partial charge in [0, 0.05) is 28.7 Å². The van der Waals surface area contributed by atoms with Gasteiger partial charge in [-0.2, -0.15) is 0 Å². The van der Waals surface area contributed by atoms with Crippen LogP contribution in [0, 0.1) is 0 Å². The lowest BCUT2D eigenvalue weighted by Crippen LogP contribution is -2.13. The van der Waals surface area contributed by atoms with Crippen LogP contribution in [-0.4, -0.2) is 4.57 Å². The van der Waals surface area contributed by atoms with E-state index in [0.717, 1.165) is 11.3 Å². The van der Waals surface area contributed by atoms with Gasteiger partial charge in [0.25, 0.3) is 0 Å². The molecule has 0 amide bonds. The van der Waals surface area contributed by atoms with E-state index < -0.39 is 0 Å². The molecule has 1 aliphatic heterocycles. The Labute approximate surface area is 146 Å². The van der Waals surface area contributed by atoms with Crippen molar-refractivity contribution in [3.63, 3.8) is 0 Å². The van der Waals surface area contributed by atoms with E-state index in [4.69, 9.17) is 4.84 Å². The Bertz CT molecular complexity index is 1020. The van der Waals surface area contributed by atoms with Crippen molar-refractivity contribution in [2.75, 3.05) is 0 Å². The molecule has 3 aromatic carbocycles. The summed E-state index contributed by atoms with van der Waals surface area (Å²) in [6.45, 7) is 3.87. The smallest absolute Gasteiger partial charge is 0.162 e. The molecule has 122 valence electrons. The second-order valence-corrected chi connectivity index (χ2v) is 5.68. The Morgan fingerprint density at radius 2 is 1.40 bits per heavy atom. The highest BCUT2D eigenvalue weighted by Crippen LogP contribution is 2.28. The van der Waals surface area contributed by atoms with Crippen molar-refractivity contribution in [1.29, 1.82) is 0 Å². The van der Waals surface area contributed by atoms with Crippen LogP contribution in [0.4, 0.5) is 0 Å². The number of hydroxylamine groups is 1. The van der Waals surface area contributed by atoms with E-state index in [1.807, 2.05) is 36.5 Å². The number of hydrogen-bond donors (Lipinski definition) is 1. The Morgan fingerprint density at radius 1 is 0.800 bits per heavy atom. The third-order valence-corrected chi connectivity index (χ3v) is 4.22. The van der Waals surface area contributed by atoms with E-state index in [1.54, 1.807) is 6.20 Å². The summed E-state index contributed by atoms with van der Waals surface area (Å²) in [5, 5.41) is 2.57. The molecule has 0 atom stereocenters. The van der Waals surface area contributed by atoms with E-state index in [-0.39, 0.29) is 0 Å². The molecule has 25 heavy (non-hydrogen) atoms. The first-order valence-corrected chi connectivity index (χ1v) is 8.16. The van der Waals surface area contributed by atoms with Gasteiger partial charge in [0.15, 0.2) is 5.75 Å². The zero-order valence-corrected chi connectivity index (χ0v) is 13.7. The first-order valence-electron chi connectivity index (χ1n) is 8.16. The van der Waals surface area contributed by atoms with Crippen LogP contribution in [0.15, 0.2) is 85.6 Å². The van der Waals surface area contributed by atoms with Gasteiger partial charge in [-0.1, -0.05) is 61.2 Å². The summed E-state index contributed by atoms with van der Waals surface area (Å²) < 4.78 is 2.13. The number of benzene rings is 3. The molecule has 0 saturated carbocycles. The van der Waals surface area contributed by atoms with Crippen LogP contribution in [0.2, 0.25) is 0 Å². The van der Waals surface area contributed by atoms with Crippen molar-refractivity contribution in [3.05, 3.63) is 91.1 Å².